The van der Waals surface area contributed by atoms with Crippen LogP contribution in [0.4, 0.5) is 13.2 Å². The van der Waals surface area contributed by atoms with Crippen molar-refractivity contribution in [3.05, 3.63) is 65.2 Å². The molecule has 9 heteroatoms. The summed E-state index contributed by atoms with van der Waals surface area (Å²) >= 11 is 0. The quantitative estimate of drug-likeness (QED) is 0.609. The highest BCUT2D eigenvalue weighted by Crippen LogP contribution is 2.31. The number of nitrogens with one attached hydrogen (secondary N) is 1. The zero-order valence-corrected chi connectivity index (χ0v) is 18.7. The monoisotopic (exact) mass is 466 g/mol. The van der Waals surface area contributed by atoms with E-state index in [9.17, 15) is 18.0 Å². The molecule has 0 bridgehead atoms. The molecule has 0 aliphatic carbocycles. The van der Waals surface area contributed by atoms with E-state index in [1.54, 1.807) is 14.0 Å². The van der Waals surface area contributed by atoms with Crippen LogP contribution in [0, 0.1) is 0 Å². The topological polar surface area (TPSA) is 60.0 Å². The summed E-state index contributed by atoms with van der Waals surface area (Å²) in [5, 5.41) is 2.89. The van der Waals surface area contributed by atoms with Crippen molar-refractivity contribution in [2.45, 2.75) is 31.9 Å². The molecule has 1 amide bonds. The Morgan fingerprint density at radius 3 is 2.48 bits per heavy atom. The standard InChI is InChI=1S/C24H29F3N2O4/c1-17(33-16-18-4-3-5-21(14-18)31-2)23(30)28-15-22(29-10-12-32-13-11-29)19-6-8-20(9-7-19)24(25,26)27/h3-9,14,17,22H,10-13,15-16H2,1-2H3,(H,28,30). The van der Waals surface area contributed by atoms with Crippen LogP contribution >= 0.6 is 0 Å². The van der Waals surface area contributed by atoms with Gasteiger partial charge in [0.1, 0.15) is 11.9 Å². The second-order valence-corrected chi connectivity index (χ2v) is 7.83. The maximum atomic E-state index is 13.0. The largest absolute Gasteiger partial charge is 0.497 e. The smallest absolute Gasteiger partial charge is 0.416 e. The summed E-state index contributed by atoms with van der Waals surface area (Å²) in [5.74, 6) is 0.418. The van der Waals surface area contributed by atoms with Gasteiger partial charge in [-0.15, -0.1) is 0 Å². The molecule has 0 aromatic heterocycles. The van der Waals surface area contributed by atoms with Crippen molar-refractivity contribution in [3.63, 3.8) is 0 Å². The number of nitrogens with zero attached hydrogens (tertiary/aromatic N) is 1. The highest BCUT2D eigenvalue weighted by Gasteiger charge is 2.31. The third-order valence-corrected chi connectivity index (χ3v) is 5.58. The first kappa shape index (κ1) is 25.0. The van der Waals surface area contributed by atoms with Gasteiger partial charge in [0.05, 0.1) is 38.5 Å². The van der Waals surface area contributed by atoms with E-state index in [1.165, 1.54) is 12.1 Å². The lowest BCUT2D eigenvalue weighted by molar-refractivity contribution is -0.137. The Bertz CT molecular complexity index is 899. The molecular formula is C24H29F3N2O4. The summed E-state index contributed by atoms with van der Waals surface area (Å²) in [7, 11) is 1.58. The molecule has 6 nitrogen and oxygen atoms in total. The molecule has 2 unspecified atom stereocenters. The molecule has 3 rings (SSSR count). The zero-order chi connectivity index (χ0) is 23.8. The molecule has 2 aromatic carbocycles. The number of alkyl halides is 3. The zero-order valence-electron chi connectivity index (χ0n) is 18.7. The molecule has 1 saturated heterocycles. The van der Waals surface area contributed by atoms with Gasteiger partial charge in [0.25, 0.3) is 0 Å². The number of carbonyl (C=O) groups is 1. The average molecular weight is 467 g/mol. The van der Waals surface area contributed by atoms with Gasteiger partial charge in [-0.3, -0.25) is 9.69 Å². The maximum Gasteiger partial charge on any atom is 0.416 e. The molecule has 0 radical (unpaired) electrons. The Hall–Kier alpha value is -2.62. The highest BCUT2D eigenvalue weighted by atomic mass is 19.4. The van der Waals surface area contributed by atoms with Gasteiger partial charge in [0, 0.05) is 19.6 Å². The third-order valence-electron chi connectivity index (χ3n) is 5.58. The van der Waals surface area contributed by atoms with Gasteiger partial charge in [-0.25, -0.2) is 0 Å². The van der Waals surface area contributed by atoms with Crippen molar-refractivity contribution in [3.8, 4) is 5.75 Å². The Kier molecular flexibility index (Phi) is 8.71. The van der Waals surface area contributed by atoms with E-state index in [0.29, 0.717) is 37.6 Å². The highest BCUT2D eigenvalue weighted by molar-refractivity contribution is 5.80. The summed E-state index contributed by atoms with van der Waals surface area (Å²) in [6.07, 6.45) is -5.09. The number of hydrogen-bond acceptors (Lipinski definition) is 5. The van der Waals surface area contributed by atoms with Crippen molar-refractivity contribution in [1.82, 2.24) is 10.2 Å². The fraction of sp³-hybridized carbons (Fsp3) is 0.458. The number of hydrogen-bond donors (Lipinski definition) is 1. The lowest BCUT2D eigenvalue weighted by atomic mass is 10.0. The second kappa shape index (κ2) is 11.5. The minimum atomic E-state index is -4.39. The van der Waals surface area contributed by atoms with Gasteiger partial charge >= 0.3 is 6.18 Å². The van der Waals surface area contributed by atoms with Gasteiger partial charge in [0.15, 0.2) is 0 Å². The first-order valence-electron chi connectivity index (χ1n) is 10.8. The Labute approximate surface area is 191 Å². The summed E-state index contributed by atoms with van der Waals surface area (Å²) < 4.78 is 55.1. The molecule has 1 fully saturated rings. The Morgan fingerprint density at radius 1 is 1.15 bits per heavy atom. The van der Waals surface area contributed by atoms with Gasteiger partial charge in [-0.05, 0) is 42.3 Å². The second-order valence-electron chi connectivity index (χ2n) is 7.83. The molecule has 1 aliphatic rings. The Balaban J connectivity index is 1.61. The van der Waals surface area contributed by atoms with Gasteiger partial charge in [-0.2, -0.15) is 13.2 Å². The normalized spacial score (nSPS) is 16.8. The van der Waals surface area contributed by atoms with E-state index >= 15 is 0 Å². The van der Waals surface area contributed by atoms with Crippen LogP contribution in [0.15, 0.2) is 48.5 Å². The fourth-order valence-corrected chi connectivity index (χ4v) is 3.64. The molecular weight excluding hydrogens is 437 g/mol. The van der Waals surface area contributed by atoms with E-state index in [1.807, 2.05) is 24.3 Å². The van der Waals surface area contributed by atoms with E-state index in [-0.39, 0.29) is 25.1 Å². The van der Waals surface area contributed by atoms with E-state index in [2.05, 4.69) is 10.2 Å². The van der Waals surface area contributed by atoms with Crippen LogP contribution in [0.25, 0.3) is 0 Å². The molecule has 2 atom stereocenters. The first-order chi connectivity index (χ1) is 15.8. The molecule has 33 heavy (non-hydrogen) atoms. The lowest BCUT2D eigenvalue weighted by Crippen LogP contribution is -2.45. The van der Waals surface area contributed by atoms with Crippen LogP contribution in [0.2, 0.25) is 0 Å². The molecule has 180 valence electrons. The Morgan fingerprint density at radius 2 is 1.85 bits per heavy atom. The number of morpholine rings is 1. The molecule has 0 spiro atoms. The fourth-order valence-electron chi connectivity index (χ4n) is 3.64. The third kappa shape index (κ3) is 7.18. The minimum Gasteiger partial charge on any atom is -0.497 e. The van der Waals surface area contributed by atoms with Crippen molar-refractivity contribution < 1.29 is 32.2 Å². The van der Waals surface area contributed by atoms with E-state index in [4.69, 9.17) is 14.2 Å². The van der Waals surface area contributed by atoms with Crippen LogP contribution in [0.1, 0.15) is 29.7 Å². The summed E-state index contributed by atoms with van der Waals surface area (Å²) in [6.45, 7) is 4.48. The van der Waals surface area contributed by atoms with E-state index in [0.717, 1.165) is 17.7 Å². The predicted molar refractivity (Wildman–Crippen MR) is 117 cm³/mol. The summed E-state index contributed by atoms with van der Waals surface area (Å²) in [5.41, 5.74) is 0.885. The summed E-state index contributed by atoms with van der Waals surface area (Å²) in [6, 6.07) is 12.2. The van der Waals surface area contributed by atoms with Crippen LogP contribution in [0.3, 0.4) is 0 Å². The van der Waals surface area contributed by atoms with Crippen LogP contribution in [0.5, 0.6) is 5.75 Å². The molecule has 1 heterocycles. The lowest BCUT2D eigenvalue weighted by Gasteiger charge is -2.35. The first-order valence-corrected chi connectivity index (χ1v) is 10.8. The summed E-state index contributed by atoms with van der Waals surface area (Å²) in [4.78, 5) is 14.7. The SMILES string of the molecule is COc1cccc(COC(C)C(=O)NCC(c2ccc(C(F)(F)F)cc2)N2CCOCC2)c1. The van der Waals surface area contributed by atoms with Gasteiger partial charge in [-0.1, -0.05) is 24.3 Å². The van der Waals surface area contributed by atoms with Crippen LogP contribution in [-0.2, 0) is 27.1 Å². The number of methoxy groups -OCH3 is 1. The van der Waals surface area contributed by atoms with Crippen LogP contribution < -0.4 is 10.1 Å². The minimum absolute atomic E-state index is 0.247. The van der Waals surface area contributed by atoms with E-state index < -0.39 is 17.8 Å². The molecule has 1 aliphatic heterocycles. The van der Waals surface area contributed by atoms with Crippen molar-refractivity contribution in [1.29, 1.82) is 0 Å². The number of ether oxygens (including phenoxy) is 3. The number of carbonyl (C=O) groups excluding carboxylic acids is 1. The maximum absolute atomic E-state index is 13.0. The molecule has 1 N–H and O–H groups in total. The number of rotatable bonds is 9. The van der Waals surface area contributed by atoms with Crippen LogP contribution in [-0.4, -0.2) is 56.9 Å². The van der Waals surface area contributed by atoms with Crippen molar-refractivity contribution in [2.75, 3.05) is 40.0 Å². The molecule has 2 aromatic rings. The molecule has 0 saturated carbocycles. The number of halogens is 3. The van der Waals surface area contributed by atoms with Gasteiger partial charge < -0.3 is 19.5 Å². The van der Waals surface area contributed by atoms with Gasteiger partial charge in [0.2, 0.25) is 5.91 Å². The van der Waals surface area contributed by atoms with Crippen molar-refractivity contribution in [2.24, 2.45) is 0 Å². The number of benzene rings is 2. The predicted octanol–water partition coefficient (Wildman–Crippen LogP) is 3.81. The average Bonchev–Trinajstić information content (AvgIpc) is 2.83. The number of amides is 1. The van der Waals surface area contributed by atoms with Crippen molar-refractivity contribution >= 4 is 5.91 Å².